The third-order valence-electron chi connectivity index (χ3n) is 4.87. The Bertz CT molecular complexity index is 1260. The lowest BCUT2D eigenvalue weighted by atomic mass is 10.1. The molecule has 0 bridgehead atoms. The number of amides is 3. The summed E-state index contributed by atoms with van der Waals surface area (Å²) in [7, 11) is 0. The van der Waals surface area contributed by atoms with Crippen molar-refractivity contribution in [2.24, 2.45) is 0 Å². The fraction of sp³-hybridized carbons (Fsp3) is 0.0800. The Morgan fingerprint density at radius 1 is 0.941 bits per heavy atom. The van der Waals surface area contributed by atoms with E-state index < -0.39 is 11.1 Å². The molecule has 3 amide bonds. The normalized spacial score (nSPS) is 14.5. The van der Waals surface area contributed by atoms with Gasteiger partial charge in [-0.1, -0.05) is 65.7 Å². The maximum Gasteiger partial charge on any atom is 0.293 e. The minimum absolute atomic E-state index is 0.0294. The number of nitrogens with zero attached hydrogens (tertiary/aromatic N) is 1. The summed E-state index contributed by atoms with van der Waals surface area (Å²) in [6.07, 6.45) is 1.57. The largest absolute Gasteiger partial charge is 0.483 e. The molecular formula is C25H18Cl2N2O4S. The zero-order valence-corrected chi connectivity index (χ0v) is 20.0. The number of nitrogens with one attached hydrogen (secondary N) is 1. The molecule has 0 aromatic heterocycles. The van der Waals surface area contributed by atoms with E-state index in [1.54, 1.807) is 60.7 Å². The molecule has 1 N–H and O–H groups in total. The van der Waals surface area contributed by atoms with E-state index in [-0.39, 0.29) is 24.0 Å². The van der Waals surface area contributed by atoms with Crippen LogP contribution in [0, 0.1) is 0 Å². The minimum atomic E-state index is -0.456. The molecule has 0 atom stereocenters. The fourth-order valence-electron chi connectivity index (χ4n) is 3.21. The first-order valence-corrected chi connectivity index (χ1v) is 11.7. The predicted molar refractivity (Wildman–Crippen MR) is 135 cm³/mol. The van der Waals surface area contributed by atoms with Crippen molar-refractivity contribution in [2.45, 2.75) is 6.54 Å². The van der Waals surface area contributed by atoms with E-state index in [9.17, 15) is 14.4 Å². The number of ether oxygens (including phenoxy) is 1. The summed E-state index contributed by atoms with van der Waals surface area (Å²) in [4.78, 5) is 39.1. The second-order valence-corrected chi connectivity index (χ2v) is 9.02. The molecule has 0 saturated carbocycles. The van der Waals surface area contributed by atoms with Gasteiger partial charge in [0.25, 0.3) is 17.1 Å². The number of para-hydroxylation sites is 2. The van der Waals surface area contributed by atoms with Gasteiger partial charge in [-0.15, -0.1) is 0 Å². The van der Waals surface area contributed by atoms with Crippen molar-refractivity contribution < 1.29 is 19.1 Å². The van der Waals surface area contributed by atoms with Crippen LogP contribution in [0.1, 0.15) is 11.1 Å². The van der Waals surface area contributed by atoms with E-state index >= 15 is 0 Å². The highest BCUT2D eigenvalue weighted by molar-refractivity contribution is 8.18. The van der Waals surface area contributed by atoms with E-state index in [4.69, 9.17) is 27.9 Å². The molecule has 1 fully saturated rings. The van der Waals surface area contributed by atoms with Crippen molar-refractivity contribution in [3.63, 3.8) is 0 Å². The van der Waals surface area contributed by atoms with Gasteiger partial charge in [0.05, 0.1) is 11.4 Å². The molecule has 0 radical (unpaired) electrons. The van der Waals surface area contributed by atoms with Crippen LogP contribution in [0.2, 0.25) is 10.0 Å². The van der Waals surface area contributed by atoms with Gasteiger partial charge < -0.3 is 10.1 Å². The average Bonchev–Trinajstić information content (AvgIpc) is 3.08. The van der Waals surface area contributed by atoms with Crippen molar-refractivity contribution in [2.75, 3.05) is 11.9 Å². The second-order valence-electron chi connectivity index (χ2n) is 7.21. The molecule has 3 aromatic carbocycles. The van der Waals surface area contributed by atoms with Crippen LogP contribution >= 0.6 is 35.0 Å². The van der Waals surface area contributed by atoms with Crippen LogP contribution in [0.15, 0.2) is 77.7 Å². The molecule has 34 heavy (non-hydrogen) atoms. The topological polar surface area (TPSA) is 75.7 Å². The van der Waals surface area contributed by atoms with Gasteiger partial charge in [-0.05, 0) is 48.2 Å². The third-order valence-corrected chi connectivity index (χ3v) is 6.49. The standard InChI is InChI=1S/C25H18Cl2N2O4S/c26-19-10-6-11-20(27)18(19)14-29-24(31)22(34-25(29)32)13-16-7-4-5-12-21(16)33-15-23(30)28-17-8-2-1-3-9-17/h1-13H,14-15H2,(H,28,30)/b22-13+. The Labute approximate surface area is 210 Å². The molecular weight excluding hydrogens is 495 g/mol. The van der Waals surface area contributed by atoms with Crippen molar-refractivity contribution in [3.05, 3.63) is 98.9 Å². The molecule has 1 aliphatic rings. The fourth-order valence-corrected chi connectivity index (χ4v) is 4.56. The van der Waals surface area contributed by atoms with E-state index in [2.05, 4.69) is 5.32 Å². The lowest BCUT2D eigenvalue weighted by Gasteiger charge is -2.14. The minimum Gasteiger partial charge on any atom is -0.483 e. The quantitative estimate of drug-likeness (QED) is 0.378. The van der Waals surface area contributed by atoms with Gasteiger partial charge in [0, 0.05) is 26.9 Å². The van der Waals surface area contributed by atoms with Crippen LogP contribution in [-0.4, -0.2) is 28.6 Å². The van der Waals surface area contributed by atoms with Gasteiger partial charge >= 0.3 is 0 Å². The lowest BCUT2D eigenvalue weighted by molar-refractivity contribution is -0.123. The number of hydrogen-bond donors (Lipinski definition) is 1. The zero-order valence-electron chi connectivity index (χ0n) is 17.7. The first kappa shape index (κ1) is 23.9. The van der Waals surface area contributed by atoms with Gasteiger partial charge in [0.15, 0.2) is 6.61 Å². The molecule has 1 saturated heterocycles. The van der Waals surface area contributed by atoms with E-state index in [0.717, 1.165) is 16.7 Å². The number of rotatable bonds is 7. The van der Waals surface area contributed by atoms with Gasteiger partial charge in [-0.2, -0.15) is 0 Å². The van der Waals surface area contributed by atoms with Crippen LogP contribution in [0.4, 0.5) is 10.5 Å². The number of benzene rings is 3. The van der Waals surface area contributed by atoms with Crippen LogP contribution < -0.4 is 10.1 Å². The molecule has 1 heterocycles. The van der Waals surface area contributed by atoms with Crippen LogP contribution in [-0.2, 0) is 16.1 Å². The third kappa shape index (κ3) is 5.62. The van der Waals surface area contributed by atoms with Gasteiger partial charge in [-0.3, -0.25) is 19.3 Å². The number of imide groups is 1. The molecule has 0 unspecified atom stereocenters. The molecule has 6 nitrogen and oxygen atoms in total. The molecule has 0 spiro atoms. The highest BCUT2D eigenvalue weighted by Gasteiger charge is 2.36. The molecule has 3 aromatic rings. The van der Waals surface area contributed by atoms with Crippen LogP contribution in [0.3, 0.4) is 0 Å². The highest BCUT2D eigenvalue weighted by atomic mass is 35.5. The summed E-state index contributed by atoms with van der Waals surface area (Å²) in [5.41, 5.74) is 1.73. The van der Waals surface area contributed by atoms with Crippen molar-refractivity contribution >= 4 is 63.8 Å². The average molecular weight is 513 g/mol. The van der Waals surface area contributed by atoms with Crippen LogP contribution in [0.5, 0.6) is 5.75 Å². The highest BCUT2D eigenvalue weighted by Crippen LogP contribution is 2.36. The Balaban J connectivity index is 1.47. The summed E-state index contributed by atoms with van der Waals surface area (Å²) < 4.78 is 5.69. The van der Waals surface area contributed by atoms with E-state index in [0.29, 0.717) is 32.6 Å². The summed E-state index contributed by atoms with van der Waals surface area (Å²) in [5, 5.41) is 3.08. The smallest absolute Gasteiger partial charge is 0.293 e. The Morgan fingerprint density at radius 2 is 1.62 bits per heavy atom. The summed E-state index contributed by atoms with van der Waals surface area (Å²) in [6.45, 7) is -0.245. The second kappa shape index (κ2) is 10.8. The summed E-state index contributed by atoms with van der Waals surface area (Å²) in [6, 6.07) is 21.0. The van der Waals surface area contributed by atoms with Crippen molar-refractivity contribution in [1.82, 2.24) is 4.90 Å². The number of carbonyl (C=O) groups excluding carboxylic acids is 3. The van der Waals surface area contributed by atoms with Gasteiger partial charge in [0.2, 0.25) is 0 Å². The number of halogens is 2. The van der Waals surface area contributed by atoms with Gasteiger partial charge in [-0.25, -0.2) is 0 Å². The first-order chi connectivity index (χ1) is 16.4. The monoisotopic (exact) mass is 512 g/mol. The summed E-state index contributed by atoms with van der Waals surface area (Å²) >= 11 is 13.2. The lowest BCUT2D eigenvalue weighted by Crippen LogP contribution is -2.27. The van der Waals surface area contributed by atoms with E-state index in [1.807, 2.05) is 18.2 Å². The van der Waals surface area contributed by atoms with E-state index in [1.165, 1.54) is 0 Å². The molecule has 1 aliphatic heterocycles. The van der Waals surface area contributed by atoms with Crippen LogP contribution in [0.25, 0.3) is 6.08 Å². The molecule has 0 aliphatic carbocycles. The van der Waals surface area contributed by atoms with Crippen molar-refractivity contribution in [3.8, 4) is 5.75 Å². The maximum atomic E-state index is 13.0. The molecule has 172 valence electrons. The Kier molecular flexibility index (Phi) is 7.57. The Hall–Kier alpha value is -3.26. The van der Waals surface area contributed by atoms with Crippen molar-refractivity contribution in [1.29, 1.82) is 0 Å². The predicted octanol–water partition coefficient (Wildman–Crippen LogP) is 6.25. The Morgan fingerprint density at radius 3 is 2.35 bits per heavy atom. The first-order valence-electron chi connectivity index (χ1n) is 10.2. The summed E-state index contributed by atoms with van der Waals surface area (Å²) in [5.74, 6) is -0.368. The maximum absolute atomic E-state index is 13.0. The SMILES string of the molecule is O=C(COc1ccccc1/C=C1/SC(=O)N(Cc2c(Cl)cccc2Cl)C1=O)Nc1ccccc1. The number of thioether (sulfide) groups is 1. The number of carbonyl (C=O) groups is 3. The molecule has 9 heteroatoms. The molecule has 4 rings (SSSR count). The number of hydrogen-bond acceptors (Lipinski definition) is 5. The number of anilines is 1. The zero-order chi connectivity index (χ0) is 24.1. The van der Waals surface area contributed by atoms with Gasteiger partial charge in [0.1, 0.15) is 5.75 Å².